The Hall–Kier alpha value is -2.14. The number of anilines is 1. The van der Waals surface area contributed by atoms with Crippen molar-refractivity contribution < 1.29 is 9.21 Å². The molecule has 0 spiro atoms. The fourth-order valence-electron chi connectivity index (χ4n) is 1.55. The number of rotatable bonds is 3. The van der Waals surface area contributed by atoms with Crippen molar-refractivity contribution in [3.63, 3.8) is 0 Å². The standard InChI is InChI=1S/C13H12N2O2S/c1-15(13(16)11-6-3-7-17-11)10-5-2-4-9(8-10)12(14)18/h2-8H,1H3,(H2,14,18). The maximum absolute atomic E-state index is 12.1. The van der Waals surface area contributed by atoms with Gasteiger partial charge in [0.1, 0.15) is 4.99 Å². The second kappa shape index (κ2) is 5.01. The van der Waals surface area contributed by atoms with Crippen LogP contribution < -0.4 is 10.6 Å². The average molecular weight is 260 g/mol. The lowest BCUT2D eigenvalue weighted by molar-refractivity contribution is 0.0966. The van der Waals surface area contributed by atoms with Crippen molar-refractivity contribution in [1.29, 1.82) is 0 Å². The van der Waals surface area contributed by atoms with E-state index in [1.165, 1.54) is 11.2 Å². The van der Waals surface area contributed by atoms with Crippen molar-refractivity contribution >= 4 is 28.8 Å². The highest BCUT2D eigenvalue weighted by molar-refractivity contribution is 7.80. The zero-order valence-corrected chi connectivity index (χ0v) is 10.6. The second-order valence-corrected chi connectivity index (χ2v) is 4.20. The number of thiocarbonyl (C=S) groups is 1. The van der Waals surface area contributed by atoms with E-state index in [1.807, 2.05) is 6.07 Å². The van der Waals surface area contributed by atoms with Crippen molar-refractivity contribution in [2.75, 3.05) is 11.9 Å². The summed E-state index contributed by atoms with van der Waals surface area (Å²) < 4.78 is 5.07. The van der Waals surface area contributed by atoms with Gasteiger partial charge in [0.2, 0.25) is 0 Å². The van der Waals surface area contributed by atoms with Gasteiger partial charge in [-0.25, -0.2) is 0 Å². The maximum Gasteiger partial charge on any atom is 0.293 e. The molecular weight excluding hydrogens is 248 g/mol. The van der Waals surface area contributed by atoms with Crippen LogP contribution in [0.25, 0.3) is 0 Å². The van der Waals surface area contributed by atoms with E-state index in [4.69, 9.17) is 22.4 Å². The summed E-state index contributed by atoms with van der Waals surface area (Å²) in [6, 6.07) is 10.5. The van der Waals surface area contributed by atoms with Gasteiger partial charge < -0.3 is 15.1 Å². The lowest BCUT2D eigenvalue weighted by Gasteiger charge is -2.16. The number of nitrogens with two attached hydrogens (primary N) is 1. The summed E-state index contributed by atoms with van der Waals surface area (Å²) in [5.41, 5.74) is 7.00. The zero-order chi connectivity index (χ0) is 13.1. The van der Waals surface area contributed by atoms with Gasteiger partial charge in [0.05, 0.1) is 6.26 Å². The molecule has 0 bridgehead atoms. The minimum absolute atomic E-state index is 0.222. The van der Waals surface area contributed by atoms with Crippen LogP contribution >= 0.6 is 12.2 Å². The van der Waals surface area contributed by atoms with Crippen molar-refractivity contribution in [2.24, 2.45) is 5.73 Å². The summed E-state index contributed by atoms with van der Waals surface area (Å²) in [6.45, 7) is 0. The van der Waals surface area contributed by atoms with Gasteiger partial charge in [0.25, 0.3) is 5.91 Å². The molecule has 2 rings (SSSR count). The Morgan fingerprint density at radius 2 is 2.11 bits per heavy atom. The van der Waals surface area contributed by atoms with Gasteiger partial charge in [-0.3, -0.25) is 4.79 Å². The lowest BCUT2D eigenvalue weighted by Crippen LogP contribution is -2.26. The van der Waals surface area contributed by atoms with E-state index in [1.54, 1.807) is 37.4 Å². The van der Waals surface area contributed by atoms with Crippen LogP contribution in [0.3, 0.4) is 0 Å². The average Bonchev–Trinajstić information content (AvgIpc) is 2.91. The lowest BCUT2D eigenvalue weighted by atomic mass is 10.2. The summed E-state index contributed by atoms with van der Waals surface area (Å²) in [4.78, 5) is 13.8. The van der Waals surface area contributed by atoms with Crippen LogP contribution in [0.2, 0.25) is 0 Å². The number of hydrogen-bond donors (Lipinski definition) is 1. The summed E-state index contributed by atoms with van der Waals surface area (Å²) in [5.74, 6) is 0.0679. The predicted octanol–water partition coefficient (Wildman–Crippen LogP) is 2.19. The number of hydrogen-bond acceptors (Lipinski definition) is 3. The van der Waals surface area contributed by atoms with Crippen LogP contribution in [0.5, 0.6) is 0 Å². The first-order valence-corrected chi connectivity index (χ1v) is 5.72. The molecule has 0 unspecified atom stereocenters. The van der Waals surface area contributed by atoms with E-state index in [0.29, 0.717) is 16.4 Å². The highest BCUT2D eigenvalue weighted by Gasteiger charge is 2.16. The Morgan fingerprint density at radius 1 is 1.33 bits per heavy atom. The van der Waals surface area contributed by atoms with Gasteiger partial charge in [-0.05, 0) is 24.3 Å². The molecule has 0 aliphatic rings. The quantitative estimate of drug-likeness (QED) is 0.859. The summed E-state index contributed by atoms with van der Waals surface area (Å²) in [6.07, 6.45) is 1.46. The SMILES string of the molecule is CN(C(=O)c1ccco1)c1cccc(C(N)=S)c1. The van der Waals surface area contributed by atoms with E-state index in [2.05, 4.69) is 0 Å². The van der Waals surface area contributed by atoms with Crippen LogP contribution in [0.15, 0.2) is 47.1 Å². The van der Waals surface area contributed by atoms with Crippen LogP contribution in [0.4, 0.5) is 5.69 Å². The van der Waals surface area contributed by atoms with Crippen molar-refractivity contribution in [2.45, 2.75) is 0 Å². The second-order valence-electron chi connectivity index (χ2n) is 3.76. The van der Waals surface area contributed by atoms with Gasteiger partial charge in [-0.2, -0.15) is 0 Å². The molecule has 1 aromatic heterocycles. The highest BCUT2D eigenvalue weighted by Crippen LogP contribution is 2.17. The topological polar surface area (TPSA) is 59.5 Å². The van der Waals surface area contributed by atoms with Gasteiger partial charge in [-0.1, -0.05) is 24.4 Å². The van der Waals surface area contributed by atoms with Crippen molar-refractivity contribution in [1.82, 2.24) is 0 Å². The molecule has 0 radical (unpaired) electrons. The molecule has 1 aromatic carbocycles. The third-order valence-electron chi connectivity index (χ3n) is 2.55. The van der Waals surface area contributed by atoms with Gasteiger partial charge in [-0.15, -0.1) is 0 Å². The highest BCUT2D eigenvalue weighted by atomic mass is 32.1. The molecule has 0 atom stereocenters. The van der Waals surface area contributed by atoms with E-state index in [-0.39, 0.29) is 5.91 Å². The number of furan rings is 1. The predicted molar refractivity (Wildman–Crippen MR) is 73.8 cm³/mol. The van der Waals surface area contributed by atoms with E-state index in [9.17, 15) is 4.79 Å². The van der Waals surface area contributed by atoms with Crippen molar-refractivity contribution in [3.05, 3.63) is 54.0 Å². The number of benzene rings is 1. The molecule has 5 heteroatoms. The van der Waals surface area contributed by atoms with Gasteiger partial charge in [0.15, 0.2) is 5.76 Å². The fraction of sp³-hybridized carbons (Fsp3) is 0.0769. The minimum Gasteiger partial charge on any atom is -0.459 e. The fourth-order valence-corrected chi connectivity index (χ4v) is 1.68. The van der Waals surface area contributed by atoms with Gasteiger partial charge >= 0.3 is 0 Å². The van der Waals surface area contributed by atoms with Gasteiger partial charge in [0, 0.05) is 18.3 Å². The Balaban J connectivity index is 2.29. The molecule has 2 N–H and O–H groups in total. The molecule has 0 saturated carbocycles. The molecule has 0 aliphatic heterocycles. The molecule has 0 aliphatic carbocycles. The monoisotopic (exact) mass is 260 g/mol. The van der Waals surface area contributed by atoms with Crippen LogP contribution in [0.1, 0.15) is 16.1 Å². The maximum atomic E-state index is 12.1. The third kappa shape index (κ3) is 2.41. The summed E-state index contributed by atoms with van der Waals surface area (Å²) in [5, 5.41) is 0. The largest absolute Gasteiger partial charge is 0.459 e. The smallest absolute Gasteiger partial charge is 0.293 e. The molecule has 1 heterocycles. The molecule has 0 saturated heterocycles. The Labute approximate surface area is 110 Å². The molecule has 18 heavy (non-hydrogen) atoms. The normalized spacial score (nSPS) is 10.1. The Morgan fingerprint density at radius 3 is 2.72 bits per heavy atom. The summed E-state index contributed by atoms with van der Waals surface area (Å²) >= 11 is 4.91. The van der Waals surface area contributed by atoms with Crippen LogP contribution in [0, 0.1) is 0 Å². The van der Waals surface area contributed by atoms with Crippen LogP contribution in [-0.2, 0) is 0 Å². The molecule has 1 amide bonds. The number of nitrogens with zero attached hydrogens (tertiary/aromatic N) is 1. The number of carbonyl (C=O) groups excluding carboxylic acids is 1. The first kappa shape index (κ1) is 12.3. The zero-order valence-electron chi connectivity index (χ0n) is 9.79. The minimum atomic E-state index is -0.222. The molecule has 2 aromatic rings. The Bertz CT molecular complexity index is 578. The Kier molecular flexibility index (Phi) is 3.43. The molecule has 4 nitrogen and oxygen atoms in total. The molecule has 92 valence electrons. The first-order chi connectivity index (χ1) is 8.59. The molecule has 0 fully saturated rings. The third-order valence-corrected chi connectivity index (χ3v) is 2.79. The van der Waals surface area contributed by atoms with Crippen molar-refractivity contribution in [3.8, 4) is 0 Å². The van der Waals surface area contributed by atoms with Crippen LogP contribution in [-0.4, -0.2) is 17.9 Å². The number of carbonyl (C=O) groups is 1. The van der Waals surface area contributed by atoms with E-state index >= 15 is 0 Å². The first-order valence-electron chi connectivity index (χ1n) is 5.31. The summed E-state index contributed by atoms with van der Waals surface area (Å²) in [7, 11) is 1.67. The molecular formula is C13H12N2O2S. The number of amides is 1. The van der Waals surface area contributed by atoms with E-state index in [0.717, 1.165) is 5.56 Å². The van der Waals surface area contributed by atoms with E-state index < -0.39 is 0 Å².